The lowest BCUT2D eigenvalue weighted by Crippen LogP contribution is -2.34. The normalized spacial score (nSPS) is 23.7. The molecular weight excluding hydrogens is 297 g/mol. The van der Waals surface area contributed by atoms with Crippen molar-refractivity contribution in [2.45, 2.75) is 43.6 Å². The predicted octanol–water partition coefficient (Wildman–Crippen LogP) is 4.78. The van der Waals surface area contributed by atoms with Gasteiger partial charge in [0, 0.05) is 25.1 Å². The summed E-state index contributed by atoms with van der Waals surface area (Å²) in [6, 6.07) is 8.64. The summed E-state index contributed by atoms with van der Waals surface area (Å²) in [7, 11) is -1.15. The molecule has 0 amide bonds. The first-order chi connectivity index (χ1) is 8.85. The van der Waals surface area contributed by atoms with E-state index >= 15 is 0 Å². The first-order valence-electron chi connectivity index (χ1n) is 6.49. The Balaban J connectivity index is 2.10. The number of hydrogen-bond acceptors (Lipinski definition) is 2. The fourth-order valence-electron chi connectivity index (χ4n) is 2.23. The van der Waals surface area contributed by atoms with Crippen LogP contribution in [-0.2, 0) is 4.84 Å². The molecule has 0 unspecified atom stereocenters. The van der Waals surface area contributed by atoms with Gasteiger partial charge in [0.1, 0.15) is 11.8 Å². The number of halogens is 2. The molecule has 0 saturated carbocycles. The molecule has 19 heavy (non-hydrogen) atoms. The van der Waals surface area contributed by atoms with Gasteiger partial charge in [0.2, 0.25) is 0 Å². The van der Waals surface area contributed by atoms with Crippen LogP contribution >= 0.6 is 23.2 Å². The van der Waals surface area contributed by atoms with E-state index in [2.05, 4.69) is 24.8 Å². The summed E-state index contributed by atoms with van der Waals surface area (Å²) >= 11 is 12.3. The molecule has 5 heteroatoms. The fourth-order valence-corrected chi connectivity index (χ4v) is 4.33. The molecule has 1 aromatic carbocycles. The van der Waals surface area contributed by atoms with Crippen molar-refractivity contribution in [3.8, 4) is 0 Å². The van der Waals surface area contributed by atoms with E-state index in [1.165, 1.54) is 0 Å². The lowest BCUT2D eigenvalue weighted by molar-refractivity contribution is 0.0573. The van der Waals surface area contributed by atoms with Gasteiger partial charge in [-0.2, -0.15) is 0 Å². The Labute approximate surface area is 125 Å². The molecule has 1 heterocycles. The topological polar surface area (TPSA) is 21.6 Å². The summed E-state index contributed by atoms with van der Waals surface area (Å²) in [5, 5.41) is 4.86. The minimum Gasteiger partial charge on any atom is -0.392 e. The zero-order valence-electron chi connectivity index (χ0n) is 11.5. The molecule has 0 bridgehead atoms. The van der Waals surface area contributed by atoms with Crippen LogP contribution in [0.4, 0.5) is 0 Å². The third-order valence-corrected chi connectivity index (χ3v) is 5.36. The highest BCUT2D eigenvalue weighted by molar-refractivity contribution is 6.76. The number of rotatable bonds is 3. The maximum Gasteiger partial charge on any atom is 0.127 e. The molecule has 2 rings (SSSR count). The Hall–Kier alpha value is -0.513. The monoisotopic (exact) mass is 315 g/mol. The molecule has 1 aliphatic rings. The summed E-state index contributed by atoms with van der Waals surface area (Å²) < 4.78 is 0. The molecule has 0 saturated heterocycles. The minimum atomic E-state index is -1.15. The number of oxime groups is 1. The number of nitrogens with zero attached hydrogens (tertiary/aromatic N) is 1. The number of hydrogen-bond donors (Lipinski definition) is 0. The van der Waals surface area contributed by atoms with E-state index < -0.39 is 8.07 Å². The molecule has 0 N–H and O–H groups in total. The van der Waals surface area contributed by atoms with Crippen LogP contribution in [0.25, 0.3) is 0 Å². The average Bonchev–Trinajstić information content (AvgIpc) is 2.29. The van der Waals surface area contributed by atoms with Crippen molar-refractivity contribution in [2.24, 2.45) is 5.16 Å². The van der Waals surface area contributed by atoms with E-state index in [0.717, 1.165) is 23.7 Å². The average molecular weight is 316 g/mol. The number of alkyl halides is 1. The Bertz CT molecular complexity index is 467. The van der Waals surface area contributed by atoms with Crippen molar-refractivity contribution in [2.75, 3.05) is 0 Å². The SMILES string of the molecule is C[Si](C)(C)C[C@@H]1C[C@@H](Cl)C(c2ccc(Cl)cc2)=NO1. The maximum atomic E-state index is 6.45. The molecule has 0 aliphatic carbocycles. The van der Waals surface area contributed by atoms with Crippen LogP contribution in [0.3, 0.4) is 0 Å². The number of benzene rings is 1. The van der Waals surface area contributed by atoms with Crippen LogP contribution in [0.2, 0.25) is 30.7 Å². The van der Waals surface area contributed by atoms with Crippen LogP contribution in [0.1, 0.15) is 12.0 Å². The van der Waals surface area contributed by atoms with E-state index in [1.807, 2.05) is 24.3 Å². The van der Waals surface area contributed by atoms with E-state index in [0.29, 0.717) is 5.02 Å². The van der Waals surface area contributed by atoms with Crippen molar-refractivity contribution >= 4 is 37.0 Å². The summed E-state index contributed by atoms with van der Waals surface area (Å²) in [5.74, 6) is 0. The van der Waals surface area contributed by atoms with Crippen LogP contribution < -0.4 is 0 Å². The Morgan fingerprint density at radius 3 is 2.42 bits per heavy atom. The van der Waals surface area contributed by atoms with Gasteiger partial charge in [0.15, 0.2) is 0 Å². The van der Waals surface area contributed by atoms with Gasteiger partial charge in [0.25, 0.3) is 0 Å². The maximum absolute atomic E-state index is 6.45. The molecule has 0 radical (unpaired) electrons. The largest absolute Gasteiger partial charge is 0.392 e. The predicted molar refractivity (Wildman–Crippen MR) is 85.3 cm³/mol. The van der Waals surface area contributed by atoms with Crippen LogP contribution in [0, 0.1) is 0 Å². The van der Waals surface area contributed by atoms with Gasteiger partial charge < -0.3 is 4.84 Å². The minimum absolute atomic E-state index is 0.0868. The first kappa shape index (κ1) is 14.9. The summed E-state index contributed by atoms with van der Waals surface area (Å²) in [6.07, 6.45) is 0.984. The summed E-state index contributed by atoms with van der Waals surface area (Å²) in [6.45, 7) is 6.99. The second-order valence-corrected chi connectivity index (χ2v) is 12.7. The molecule has 0 aromatic heterocycles. The van der Waals surface area contributed by atoms with Crippen LogP contribution in [0.5, 0.6) is 0 Å². The van der Waals surface area contributed by atoms with Crippen molar-refractivity contribution in [3.05, 3.63) is 34.9 Å². The van der Waals surface area contributed by atoms with Gasteiger partial charge in [0.05, 0.1) is 5.38 Å². The quantitative estimate of drug-likeness (QED) is 0.581. The zero-order chi connectivity index (χ0) is 14.0. The molecule has 1 aliphatic heterocycles. The second-order valence-electron chi connectivity index (χ2n) is 6.18. The molecule has 2 nitrogen and oxygen atoms in total. The lowest BCUT2D eigenvalue weighted by Gasteiger charge is -2.28. The van der Waals surface area contributed by atoms with Crippen LogP contribution in [-0.4, -0.2) is 25.3 Å². The lowest BCUT2D eigenvalue weighted by atomic mass is 10.0. The van der Waals surface area contributed by atoms with E-state index in [4.69, 9.17) is 28.0 Å². The first-order valence-corrected chi connectivity index (χ1v) is 11.0. The highest BCUT2D eigenvalue weighted by Crippen LogP contribution is 2.27. The standard InChI is InChI=1S/C14H19Cl2NOSi/c1-19(2,3)9-12-8-13(16)14(17-18-12)10-4-6-11(15)7-5-10/h4-7,12-13H,8-9H2,1-3H3/t12-,13+/m0/s1. The van der Waals surface area contributed by atoms with Crippen molar-refractivity contribution in [1.29, 1.82) is 0 Å². The highest BCUT2D eigenvalue weighted by Gasteiger charge is 2.30. The zero-order valence-corrected chi connectivity index (χ0v) is 14.0. The Kier molecular flexibility index (Phi) is 4.59. The second kappa shape index (κ2) is 5.86. The summed E-state index contributed by atoms with van der Waals surface area (Å²) in [5.41, 5.74) is 1.79. The summed E-state index contributed by atoms with van der Waals surface area (Å²) in [4.78, 5) is 5.63. The highest BCUT2D eigenvalue weighted by atomic mass is 35.5. The van der Waals surface area contributed by atoms with Crippen LogP contribution in [0.15, 0.2) is 29.4 Å². The Morgan fingerprint density at radius 1 is 1.26 bits per heavy atom. The van der Waals surface area contributed by atoms with Gasteiger partial charge in [-0.15, -0.1) is 11.6 Å². The van der Waals surface area contributed by atoms with E-state index in [1.54, 1.807) is 0 Å². The van der Waals surface area contributed by atoms with Gasteiger partial charge in [-0.05, 0) is 18.2 Å². The smallest absolute Gasteiger partial charge is 0.127 e. The van der Waals surface area contributed by atoms with E-state index in [9.17, 15) is 0 Å². The fraction of sp³-hybridized carbons (Fsp3) is 0.500. The van der Waals surface area contributed by atoms with Gasteiger partial charge >= 0.3 is 0 Å². The third-order valence-electron chi connectivity index (χ3n) is 3.05. The third kappa shape index (κ3) is 4.23. The van der Waals surface area contributed by atoms with E-state index in [-0.39, 0.29) is 11.5 Å². The Morgan fingerprint density at radius 2 is 1.89 bits per heavy atom. The molecule has 2 atom stereocenters. The molecular formula is C14H19Cl2NOSi. The van der Waals surface area contributed by atoms with Crippen molar-refractivity contribution in [3.63, 3.8) is 0 Å². The molecule has 0 fully saturated rings. The van der Waals surface area contributed by atoms with Gasteiger partial charge in [-0.25, -0.2) is 0 Å². The van der Waals surface area contributed by atoms with Crippen molar-refractivity contribution in [1.82, 2.24) is 0 Å². The van der Waals surface area contributed by atoms with Gasteiger partial charge in [-0.3, -0.25) is 0 Å². The molecule has 104 valence electrons. The van der Waals surface area contributed by atoms with Gasteiger partial charge in [-0.1, -0.05) is 48.5 Å². The van der Waals surface area contributed by atoms with Crippen molar-refractivity contribution < 1.29 is 4.84 Å². The molecule has 0 spiro atoms. The molecule has 1 aromatic rings.